The number of halogens is 1. The van der Waals surface area contributed by atoms with Crippen molar-refractivity contribution in [3.63, 3.8) is 0 Å². The van der Waals surface area contributed by atoms with Crippen LogP contribution in [0.3, 0.4) is 0 Å². The molecule has 0 aliphatic carbocycles. The number of methoxy groups -OCH3 is 2. The number of para-hydroxylation sites is 1. The number of thiazole rings is 1. The quantitative estimate of drug-likeness (QED) is 0.830. The van der Waals surface area contributed by atoms with E-state index in [2.05, 4.69) is 15.6 Å². The van der Waals surface area contributed by atoms with Gasteiger partial charge in [0.2, 0.25) is 0 Å². The van der Waals surface area contributed by atoms with Gasteiger partial charge < -0.3 is 14.8 Å². The van der Waals surface area contributed by atoms with Gasteiger partial charge in [0.05, 0.1) is 12.8 Å². The molecule has 1 amide bonds. The average Bonchev–Trinajstić information content (AvgIpc) is 3.10. The average molecular weight is 384 g/mol. The predicted octanol–water partition coefficient (Wildman–Crippen LogP) is 2.95. The Morgan fingerprint density at radius 3 is 2.68 bits per heavy atom. The molecule has 1 saturated heterocycles. The van der Waals surface area contributed by atoms with E-state index in [4.69, 9.17) is 9.47 Å². The zero-order valence-electron chi connectivity index (χ0n) is 14.2. The second kappa shape index (κ2) is 8.62. The molecule has 0 atom stereocenters. The van der Waals surface area contributed by atoms with Gasteiger partial charge in [-0.1, -0.05) is 12.1 Å². The van der Waals surface area contributed by atoms with Crippen LogP contribution in [0.5, 0.6) is 5.75 Å². The summed E-state index contributed by atoms with van der Waals surface area (Å²) in [5, 5.41) is 8.63. The number of hydrogen-bond acceptors (Lipinski definition) is 6. The highest BCUT2D eigenvalue weighted by atomic mass is 35.5. The zero-order valence-corrected chi connectivity index (χ0v) is 15.8. The molecule has 0 spiro atoms. The van der Waals surface area contributed by atoms with E-state index in [1.165, 1.54) is 11.3 Å². The predicted molar refractivity (Wildman–Crippen MR) is 102 cm³/mol. The summed E-state index contributed by atoms with van der Waals surface area (Å²) in [4.78, 5) is 17.2. The van der Waals surface area contributed by atoms with Gasteiger partial charge in [0.15, 0.2) is 5.13 Å². The van der Waals surface area contributed by atoms with E-state index >= 15 is 0 Å². The Morgan fingerprint density at radius 1 is 1.28 bits per heavy atom. The lowest BCUT2D eigenvalue weighted by atomic mass is 9.91. The molecule has 2 N–H and O–H groups in total. The number of anilines is 1. The maximum atomic E-state index is 12.7. The second-order valence-electron chi connectivity index (χ2n) is 5.64. The number of aromatic nitrogens is 1. The molecule has 1 aromatic carbocycles. The van der Waals surface area contributed by atoms with E-state index in [1.807, 2.05) is 29.6 Å². The maximum Gasteiger partial charge on any atom is 0.258 e. The van der Waals surface area contributed by atoms with Crippen LogP contribution in [0.25, 0.3) is 11.3 Å². The zero-order chi connectivity index (χ0) is 17.0. The van der Waals surface area contributed by atoms with Gasteiger partial charge in [0, 0.05) is 18.1 Å². The van der Waals surface area contributed by atoms with Crippen molar-refractivity contribution >= 4 is 34.8 Å². The van der Waals surface area contributed by atoms with Crippen molar-refractivity contribution in [2.24, 2.45) is 0 Å². The lowest BCUT2D eigenvalue weighted by molar-refractivity contribution is -0.140. The van der Waals surface area contributed by atoms with Crippen LogP contribution < -0.4 is 15.4 Å². The van der Waals surface area contributed by atoms with Gasteiger partial charge in [-0.25, -0.2) is 4.98 Å². The van der Waals surface area contributed by atoms with Crippen molar-refractivity contribution in [1.82, 2.24) is 10.3 Å². The lowest BCUT2D eigenvalue weighted by Gasteiger charge is -2.34. The molecule has 2 aromatic rings. The number of hydrogen-bond donors (Lipinski definition) is 2. The molecule has 1 aromatic heterocycles. The van der Waals surface area contributed by atoms with E-state index < -0.39 is 5.60 Å². The Kier molecular flexibility index (Phi) is 6.78. The highest BCUT2D eigenvalue weighted by Crippen LogP contribution is 2.32. The van der Waals surface area contributed by atoms with E-state index in [9.17, 15) is 4.79 Å². The number of benzene rings is 1. The van der Waals surface area contributed by atoms with Gasteiger partial charge in [-0.15, -0.1) is 23.7 Å². The smallest absolute Gasteiger partial charge is 0.258 e. The molecule has 8 heteroatoms. The molecule has 0 bridgehead atoms. The molecule has 0 unspecified atom stereocenters. The first-order chi connectivity index (χ1) is 11.7. The Bertz CT molecular complexity index is 717. The molecular weight excluding hydrogens is 362 g/mol. The highest BCUT2D eigenvalue weighted by Gasteiger charge is 2.40. The van der Waals surface area contributed by atoms with Gasteiger partial charge >= 0.3 is 0 Å². The number of rotatable bonds is 5. The third kappa shape index (κ3) is 4.12. The van der Waals surface area contributed by atoms with E-state index in [0.717, 1.165) is 30.1 Å². The van der Waals surface area contributed by atoms with Gasteiger partial charge in [-0.3, -0.25) is 10.1 Å². The summed E-state index contributed by atoms with van der Waals surface area (Å²) in [5.74, 6) is 0.625. The SMILES string of the molecule is COc1ccccc1-c1csc(NC(=O)C2(OC)CCNCC2)n1.Cl. The first-order valence-electron chi connectivity index (χ1n) is 7.85. The van der Waals surface area contributed by atoms with Crippen molar-refractivity contribution in [1.29, 1.82) is 0 Å². The molecule has 1 fully saturated rings. The van der Waals surface area contributed by atoms with Crippen molar-refractivity contribution < 1.29 is 14.3 Å². The first kappa shape index (κ1) is 19.7. The van der Waals surface area contributed by atoms with E-state index in [-0.39, 0.29) is 18.3 Å². The number of amides is 1. The molecule has 1 aliphatic heterocycles. The van der Waals surface area contributed by atoms with Crippen molar-refractivity contribution in [3.8, 4) is 17.0 Å². The van der Waals surface area contributed by atoms with Gasteiger partial charge in [-0.2, -0.15) is 0 Å². The van der Waals surface area contributed by atoms with Crippen molar-refractivity contribution in [2.75, 3.05) is 32.6 Å². The number of nitrogens with zero attached hydrogens (tertiary/aromatic N) is 1. The second-order valence-corrected chi connectivity index (χ2v) is 6.50. The molecule has 136 valence electrons. The Balaban J connectivity index is 0.00000225. The lowest BCUT2D eigenvalue weighted by Crippen LogP contribution is -2.51. The molecule has 3 rings (SSSR count). The van der Waals surface area contributed by atoms with Crippen LogP contribution in [-0.4, -0.2) is 43.8 Å². The van der Waals surface area contributed by atoms with Crippen LogP contribution >= 0.6 is 23.7 Å². The number of piperidine rings is 1. The molecule has 0 radical (unpaired) electrons. The van der Waals surface area contributed by atoms with Gasteiger partial charge in [0.1, 0.15) is 11.4 Å². The molecular formula is C17H22ClN3O3S. The minimum atomic E-state index is -0.776. The van der Waals surface area contributed by atoms with Crippen LogP contribution in [0.15, 0.2) is 29.6 Å². The Morgan fingerprint density at radius 2 is 2.00 bits per heavy atom. The standard InChI is InChI=1S/C17H21N3O3S.ClH/c1-22-14-6-4-3-5-12(14)13-11-24-16(19-13)20-15(21)17(23-2)7-9-18-10-8-17;/h3-6,11,18H,7-10H2,1-2H3,(H,19,20,21);1H. The maximum absolute atomic E-state index is 12.7. The summed E-state index contributed by atoms with van der Waals surface area (Å²) in [6.45, 7) is 1.54. The van der Waals surface area contributed by atoms with Crippen LogP contribution in [-0.2, 0) is 9.53 Å². The topological polar surface area (TPSA) is 72.5 Å². The van der Waals surface area contributed by atoms with Crippen LogP contribution in [0.4, 0.5) is 5.13 Å². The highest BCUT2D eigenvalue weighted by molar-refractivity contribution is 7.14. The Hall–Kier alpha value is -1.67. The molecule has 1 aliphatic rings. The summed E-state index contributed by atoms with van der Waals surface area (Å²) in [7, 11) is 3.22. The summed E-state index contributed by atoms with van der Waals surface area (Å²) < 4.78 is 10.9. The normalized spacial score (nSPS) is 15.9. The largest absolute Gasteiger partial charge is 0.496 e. The first-order valence-corrected chi connectivity index (χ1v) is 8.73. The van der Waals surface area contributed by atoms with E-state index in [0.29, 0.717) is 18.0 Å². The fourth-order valence-corrected chi connectivity index (χ4v) is 3.58. The fourth-order valence-electron chi connectivity index (χ4n) is 2.88. The van der Waals surface area contributed by atoms with Gasteiger partial charge in [0.25, 0.3) is 5.91 Å². The monoisotopic (exact) mass is 383 g/mol. The van der Waals surface area contributed by atoms with E-state index in [1.54, 1.807) is 14.2 Å². The van der Waals surface area contributed by atoms with Crippen molar-refractivity contribution in [2.45, 2.75) is 18.4 Å². The summed E-state index contributed by atoms with van der Waals surface area (Å²) in [6.07, 6.45) is 1.31. The minimum Gasteiger partial charge on any atom is -0.496 e. The molecule has 25 heavy (non-hydrogen) atoms. The third-order valence-corrected chi connectivity index (χ3v) is 5.08. The molecule has 6 nitrogen and oxygen atoms in total. The third-order valence-electron chi connectivity index (χ3n) is 4.32. The van der Waals surface area contributed by atoms with Gasteiger partial charge in [-0.05, 0) is 38.1 Å². The fraction of sp³-hybridized carbons (Fsp3) is 0.412. The number of carbonyl (C=O) groups is 1. The minimum absolute atomic E-state index is 0. The summed E-state index contributed by atoms with van der Waals surface area (Å²) in [5.41, 5.74) is 0.909. The van der Waals surface area contributed by atoms with Crippen LogP contribution in [0.1, 0.15) is 12.8 Å². The number of carbonyl (C=O) groups excluding carboxylic acids is 1. The van der Waals surface area contributed by atoms with Crippen LogP contribution in [0, 0.1) is 0 Å². The number of nitrogens with one attached hydrogen (secondary N) is 2. The van der Waals surface area contributed by atoms with Crippen LogP contribution in [0.2, 0.25) is 0 Å². The van der Waals surface area contributed by atoms with Crippen molar-refractivity contribution in [3.05, 3.63) is 29.6 Å². The molecule has 0 saturated carbocycles. The summed E-state index contributed by atoms with van der Waals surface area (Å²) in [6, 6.07) is 7.69. The summed E-state index contributed by atoms with van der Waals surface area (Å²) >= 11 is 1.40. The Labute approximate surface area is 157 Å². The molecule has 2 heterocycles. The number of ether oxygens (including phenoxy) is 2.